The average molecular weight is 195 g/mol. The highest BCUT2D eigenvalue weighted by atomic mass is 16.5. The summed E-state index contributed by atoms with van der Waals surface area (Å²) < 4.78 is 4.57. The van der Waals surface area contributed by atoms with Crippen molar-refractivity contribution in [1.82, 2.24) is 10.3 Å². The molecule has 0 atom stereocenters. The number of hydrogen-bond acceptors (Lipinski definition) is 4. The molecule has 0 spiro atoms. The molecule has 0 aliphatic heterocycles. The third-order valence-electron chi connectivity index (χ3n) is 1.41. The molecule has 3 N–H and O–H groups in total. The van der Waals surface area contributed by atoms with Crippen molar-refractivity contribution in [2.24, 2.45) is 5.73 Å². The molecular weight excluding hydrogens is 186 g/mol. The molecular formula is C8H9N3O3. The van der Waals surface area contributed by atoms with Crippen molar-refractivity contribution in [2.75, 3.05) is 7.05 Å². The average Bonchev–Trinajstić information content (AvgIpc) is 2.16. The normalized spacial score (nSPS) is 9.21. The second-order valence-electron chi connectivity index (χ2n) is 2.38. The van der Waals surface area contributed by atoms with Gasteiger partial charge in [0.25, 0.3) is 5.91 Å². The molecule has 0 aromatic carbocycles. The van der Waals surface area contributed by atoms with Gasteiger partial charge in [0.15, 0.2) is 0 Å². The van der Waals surface area contributed by atoms with E-state index in [1.165, 1.54) is 25.4 Å². The van der Waals surface area contributed by atoms with Crippen LogP contribution in [-0.4, -0.2) is 24.0 Å². The molecule has 1 aromatic rings. The summed E-state index contributed by atoms with van der Waals surface area (Å²) in [7, 11) is 1.48. The molecule has 1 heterocycles. The Kier molecular flexibility index (Phi) is 3.01. The van der Waals surface area contributed by atoms with E-state index in [1.807, 2.05) is 0 Å². The second-order valence-corrected chi connectivity index (χ2v) is 2.38. The van der Waals surface area contributed by atoms with E-state index in [1.54, 1.807) is 0 Å². The Bertz CT molecular complexity index is 365. The third kappa shape index (κ3) is 2.44. The number of primary amides is 1. The van der Waals surface area contributed by atoms with Gasteiger partial charge in [-0.15, -0.1) is 0 Å². The molecule has 6 nitrogen and oxygen atoms in total. The lowest BCUT2D eigenvalue weighted by atomic mass is 10.3. The van der Waals surface area contributed by atoms with E-state index in [0.717, 1.165) is 0 Å². The van der Waals surface area contributed by atoms with Crippen molar-refractivity contribution in [3.63, 3.8) is 0 Å². The molecule has 0 bridgehead atoms. The quantitative estimate of drug-likeness (QED) is 0.688. The lowest BCUT2D eigenvalue weighted by Gasteiger charge is -2.02. The first kappa shape index (κ1) is 9.97. The molecule has 0 saturated heterocycles. The molecule has 2 amide bonds. The van der Waals surface area contributed by atoms with E-state index >= 15 is 0 Å². The van der Waals surface area contributed by atoms with Crippen molar-refractivity contribution in [3.05, 3.63) is 24.0 Å². The fourth-order valence-electron chi connectivity index (χ4n) is 0.843. The number of rotatable bonds is 2. The molecule has 74 valence electrons. The van der Waals surface area contributed by atoms with Crippen molar-refractivity contribution < 1.29 is 14.3 Å². The van der Waals surface area contributed by atoms with Crippen LogP contribution in [0.15, 0.2) is 18.3 Å². The summed E-state index contributed by atoms with van der Waals surface area (Å²) in [5, 5.41) is 2.39. The number of ether oxygens (including phenoxy) is 1. The zero-order valence-electron chi connectivity index (χ0n) is 7.48. The summed E-state index contributed by atoms with van der Waals surface area (Å²) >= 11 is 0. The number of nitrogens with one attached hydrogen (secondary N) is 1. The molecule has 0 radical (unpaired) electrons. The van der Waals surface area contributed by atoms with Crippen molar-refractivity contribution >= 4 is 12.0 Å². The van der Waals surface area contributed by atoms with Gasteiger partial charge < -0.3 is 15.8 Å². The third-order valence-corrected chi connectivity index (χ3v) is 1.41. The van der Waals surface area contributed by atoms with Gasteiger partial charge in [-0.3, -0.25) is 9.78 Å². The van der Waals surface area contributed by atoms with Gasteiger partial charge in [0.05, 0.1) is 0 Å². The van der Waals surface area contributed by atoms with Gasteiger partial charge in [-0.1, -0.05) is 0 Å². The van der Waals surface area contributed by atoms with Crippen molar-refractivity contribution in [2.45, 2.75) is 0 Å². The van der Waals surface area contributed by atoms with Gasteiger partial charge in [-0.2, -0.15) is 0 Å². The number of nitrogens with two attached hydrogens (primary N) is 1. The molecule has 0 aliphatic rings. The van der Waals surface area contributed by atoms with Gasteiger partial charge in [0, 0.05) is 19.3 Å². The van der Waals surface area contributed by atoms with Crippen LogP contribution in [0.3, 0.4) is 0 Å². The summed E-state index contributed by atoms with van der Waals surface area (Å²) in [6.45, 7) is 0. The lowest BCUT2D eigenvalue weighted by Crippen LogP contribution is -2.20. The smallest absolute Gasteiger partial charge is 0.409 e. The fourth-order valence-corrected chi connectivity index (χ4v) is 0.843. The van der Waals surface area contributed by atoms with Gasteiger partial charge in [-0.25, -0.2) is 4.79 Å². The highest BCUT2D eigenvalue weighted by Crippen LogP contribution is 2.10. The Morgan fingerprint density at radius 1 is 1.57 bits per heavy atom. The Morgan fingerprint density at radius 2 is 2.29 bits per heavy atom. The highest BCUT2D eigenvalue weighted by Gasteiger charge is 2.06. The van der Waals surface area contributed by atoms with Crippen LogP contribution in [-0.2, 0) is 0 Å². The molecule has 0 unspecified atom stereocenters. The van der Waals surface area contributed by atoms with Crippen molar-refractivity contribution in [1.29, 1.82) is 0 Å². The van der Waals surface area contributed by atoms with E-state index in [4.69, 9.17) is 5.73 Å². The molecule has 1 rings (SSSR count). The minimum Gasteiger partial charge on any atom is -0.410 e. The number of carbonyl (C=O) groups excluding carboxylic acids is 2. The van der Waals surface area contributed by atoms with Crippen molar-refractivity contribution in [3.8, 4) is 5.75 Å². The minimum atomic E-state index is -0.931. The number of carbonyl (C=O) groups is 2. The summed E-state index contributed by atoms with van der Waals surface area (Å²) in [6, 6.07) is 2.75. The fraction of sp³-hybridized carbons (Fsp3) is 0.125. The summed E-state index contributed by atoms with van der Waals surface area (Å²) in [4.78, 5) is 25.3. The molecule has 0 aliphatic carbocycles. The molecule has 0 saturated carbocycles. The second kappa shape index (κ2) is 4.22. The Morgan fingerprint density at radius 3 is 2.86 bits per heavy atom. The predicted molar refractivity (Wildman–Crippen MR) is 47.8 cm³/mol. The minimum absolute atomic E-state index is 0.159. The maximum absolute atomic E-state index is 11.1. The zero-order valence-corrected chi connectivity index (χ0v) is 7.48. The van der Waals surface area contributed by atoms with Gasteiger partial charge in [0.1, 0.15) is 11.4 Å². The molecule has 1 aromatic heterocycles. The van der Waals surface area contributed by atoms with Gasteiger partial charge in [-0.05, 0) is 6.07 Å². The molecule has 0 fully saturated rings. The number of pyridine rings is 1. The predicted octanol–water partition coefficient (Wildman–Crippen LogP) is -0.101. The first-order chi connectivity index (χ1) is 6.63. The van der Waals surface area contributed by atoms with Crippen LogP contribution in [0.25, 0.3) is 0 Å². The van der Waals surface area contributed by atoms with Gasteiger partial charge >= 0.3 is 6.09 Å². The summed E-state index contributed by atoms with van der Waals surface area (Å²) in [6.07, 6.45) is 0.419. The van der Waals surface area contributed by atoms with Crippen LogP contribution >= 0.6 is 0 Å². The van der Waals surface area contributed by atoms with Gasteiger partial charge in [0.2, 0.25) is 0 Å². The van der Waals surface area contributed by atoms with Crippen LogP contribution in [0.2, 0.25) is 0 Å². The largest absolute Gasteiger partial charge is 0.410 e. The number of aromatic nitrogens is 1. The standard InChI is InChI=1S/C8H9N3O3/c1-10-7(12)6-4-5(2-3-11-6)14-8(9)13/h2-4H,1H3,(H2,9,13)(H,10,12). The zero-order chi connectivity index (χ0) is 10.6. The first-order valence-electron chi connectivity index (χ1n) is 3.79. The van der Waals surface area contributed by atoms with Crippen LogP contribution < -0.4 is 15.8 Å². The maximum Gasteiger partial charge on any atom is 0.409 e. The summed E-state index contributed by atoms with van der Waals surface area (Å²) in [5.41, 5.74) is 4.96. The Hall–Kier alpha value is -2.11. The van der Waals surface area contributed by atoms with E-state index in [-0.39, 0.29) is 17.4 Å². The van der Waals surface area contributed by atoms with Crippen LogP contribution in [0.4, 0.5) is 4.79 Å². The van der Waals surface area contributed by atoms with Crippen LogP contribution in [0, 0.1) is 0 Å². The molecule has 14 heavy (non-hydrogen) atoms. The Labute approximate surface area is 80.1 Å². The number of amides is 2. The topological polar surface area (TPSA) is 94.3 Å². The van der Waals surface area contributed by atoms with E-state index in [2.05, 4.69) is 15.0 Å². The van der Waals surface area contributed by atoms with Crippen LogP contribution in [0.1, 0.15) is 10.5 Å². The Balaban J connectivity index is 2.89. The monoisotopic (exact) mass is 195 g/mol. The SMILES string of the molecule is CNC(=O)c1cc(OC(N)=O)ccn1. The van der Waals surface area contributed by atoms with E-state index in [9.17, 15) is 9.59 Å². The number of hydrogen-bond donors (Lipinski definition) is 2. The lowest BCUT2D eigenvalue weighted by molar-refractivity contribution is 0.0957. The van der Waals surface area contributed by atoms with E-state index in [0.29, 0.717) is 0 Å². The maximum atomic E-state index is 11.1. The first-order valence-corrected chi connectivity index (χ1v) is 3.79. The molecule has 6 heteroatoms. The van der Waals surface area contributed by atoms with E-state index < -0.39 is 6.09 Å². The summed E-state index contributed by atoms with van der Waals surface area (Å²) in [5.74, 6) is -0.175. The highest BCUT2D eigenvalue weighted by molar-refractivity contribution is 5.92. The number of nitrogens with zero attached hydrogens (tertiary/aromatic N) is 1. The van der Waals surface area contributed by atoms with Crippen LogP contribution in [0.5, 0.6) is 5.75 Å².